The molecule has 2 aliphatic heterocycles. The summed E-state index contributed by atoms with van der Waals surface area (Å²) in [5, 5.41) is 10.9. The highest BCUT2D eigenvalue weighted by atomic mass is 35.5. The number of carbonyl (C=O) groups excluding carboxylic acids is 1. The molecule has 0 spiro atoms. The predicted octanol–water partition coefficient (Wildman–Crippen LogP) is 2.15. The van der Waals surface area contributed by atoms with E-state index in [0.29, 0.717) is 28.8 Å². The Morgan fingerprint density at radius 3 is 2.87 bits per heavy atom. The minimum atomic E-state index is 0.0661. The molecule has 0 saturated carbocycles. The number of hydrogen-bond donors (Lipinski definition) is 2. The Hall–Kier alpha value is -1.92. The summed E-state index contributed by atoms with van der Waals surface area (Å²) in [5.41, 5.74) is 0.803. The lowest BCUT2D eigenvalue weighted by Crippen LogP contribution is -2.37. The Kier molecular flexibility index (Phi) is 3.79. The average Bonchev–Trinajstić information content (AvgIpc) is 3.29. The second kappa shape index (κ2) is 5.94. The van der Waals surface area contributed by atoms with Crippen molar-refractivity contribution in [1.82, 2.24) is 20.8 Å². The third-order valence-corrected chi connectivity index (χ3v) is 4.87. The maximum Gasteiger partial charge on any atom is 0.257 e. The average molecular weight is 333 g/mol. The van der Waals surface area contributed by atoms with E-state index in [2.05, 4.69) is 20.8 Å². The van der Waals surface area contributed by atoms with E-state index in [9.17, 15) is 4.79 Å². The number of benzene rings is 1. The van der Waals surface area contributed by atoms with Crippen molar-refractivity contribution in [3.05, 3.63) is 35.1 Å². The first-order chi connectivity index (χ1) is 11.2. The van der Waals surface area contributed by atoms with Crippen LogP contribution in [0.25, 0.3) is 11.5 Å². The van der Waals surface area contributed by atoms with Crippen LogP contribution < -0.4 is 10.6 Å². The fraction of sp³-hybridized carbons (Fsp3) is 0.438. The zero-order valence-corrected chi connectivity index (χ0v) is 13.2. The van der Waals surface area contributed by atoms with Gasteiger partial charge in [-0.15, -0.1) is 0 Å². The molecular weight excluding hydrogens is 316 g/mol. The second-order valence-electron chi connectivity index (χ2n) is 6.13. The summed E-state index contributed by atoms with van der Waals surface area (Å²) in [6, 6.07) is 8.01. The summed E-state index contributed by atoms with van der Waals surface area (Å²) in [5.74, 6) is 1.03. The van der Waals surface area contributed by atoms with Crippen molar-refractivity contribution < 1.29 is 9.32 Å². The number of nitrogens with one attached hydrogen (secondary N) is 2. The number of halogens is 1. The molecule has 2 fully saturated rings. The molecule has 3 atom stereocenters. The Balaban J connectivity index is 1.36. The molecule has 2 aromatic rings. The zero-order chi connectivity index (χ0) is 15.8. The van der Waals surface area contributed by atoms with Crippen LogP contribution in [-0.4, -0.2) is 28.1 Å². The van der Waals surface area contributed by atoms with Crippen molar-refractivity contribution >= 4 is 17.5 Å². The van der Waals surface area contributed by atoms with Gasteiger partial charge in [-0.3, -0.25) is 4.79 Å². The van der Waals surface area contributed by atoms with Gasteiger partial charge in [-0.05, 0) is 43.5 Å². The van der Waals surface area contributed by atoms with Gasteiger partial charge in [-0.1, -0.05) is 16.8 Å². The van der Waals surface area contributed by atoms with Gasteiger partial charge in [0.2, 0.25) is 5.91 Å². The monoisotopic (exact) mass is 332 g/mol. The SMILES string of the molecule is O=C(NCc1noc(-c2ccc(Cl)cc2)n1)[C@@H]1C[C@@H]2CC[C@H]1N2. The molecule has 0 aliphatic carbocycles. The molecule has 2 aliphatic rings. The molecule has 2 saturated heterocycles. The lowest BCUT2D eigenvalue weighted by Gasteiger charge is -2.18. The van der Waals surface area contributed by atoms with Crippen LogP contribution in [0.15, 0.2) is 28.8 Å². The normalized spacial score (nSPS) is 25.7. The van der Waals surface area contributed by atoms with Gasteiger partial charge in [-0.25, -0.2) is 0 Å². The topological polar surface area (TPSA) is 80.1 Å². The first-order valence-corrected chi connectivity index (χ1v) is 8.19. The Labute approximate surface area is 138 Å². The maximum atomic E-state index is 12.3. The second-order valence-corrected chi connectivity index (χ2v) is 6.57. The Morgan fingerprint density at radius 1 is 1.35 bits per heavy atom. The van der Waals surface area contributed by atoms with Crippen LogP contribution in [0.5, 0.6) is 0 Å². The van der Waals surface area contributed by atoms with E-state index in [0.717, 1.165) is 18.4 Å². The highest BCUT2D eigenvalue weighted by Crippen LogP contribution is 2.33. The lowest BCUT2D eigenvalue weighted by molar-refractivity contribution is -0.125. The van der Waals surface area contributed by atoms with Crippen LogP contribution in [0.2, 0.25) is 5.02 Å². The largest absolute Gasteiger partial charge is 0.348 e. The number of carbonyl (C=O) groups is 1. The van der Waals surface area contributed by atoms with E-state index in [1.54, 1.807) is 12.1 Å². The van der Waals surface area contributed by atoms with Crippen molar-refractivity contribution in [2.75, 3.05) is 0 Å². The van der Waals surface area contributed by atoms with E-state index in [4.69, 9.17) is 16.1 Å². The molecule has 4 rings (SSSR count). The van der Waals surface area contributed by atoms with E-state index in [1.165, 1.54) is 6.42 Å². The van der Waals surface area contributed by atoms with E-state index in [-0.39, 0.29) is 18.4 Å². The number of aromatic nitrogens is 2. The van der Waals surface area contributed by atoms with Gasteiger partial charge in [0, 0.05) is 22.7 Å². The number of amides is 1. The fourth-order valence-corrected chi connectivity index (χ4v) is 3.57. The summed E-state index contributed by atoms with van der Waals surface area (Å²) < 4.78 is 5.23. The fourth-order valence-electron chi connectivity index (χ4n) is 3.45. The molecule has 120 valence electrons. The van der Waals surface area contributed by atoms with Gasteiger partial charge in [0.15, 0.2) is 5.82 Å². The molecule has 7 heteroatoms. The number of rotatable bonds is 4. The third-order valence-electron chi connectivity index (χ3n) is 4.62. The van der Waals surface area contributed by atoms with Gasteiger partial charge in [-0.2, -0.15) is 4.98 Å². The van der Waals surface area contributed by atoms with Crippen LogP contribution in [0.1, 0.15) is 25.1 Å². The maximum absolute atomic E-state index is 12.3. The molecule has 3 heterocycles. The standard InChI is InChI=1S/C16H17ClN4O2/c17-10-3-1-9(2-4-10)16-20-14(21-23-16)8-18-15(22)12-7-11-5-6-13(12)19-11/h1-4,11-13,19H,5-8H2,(H,18,22)/t11-,12+,13+/m0/s1. The summed E-state index contributed by atoms with van der Waals surface area (Å²) >= 11 is 5.86. The van der Waals surface area contributed by atoms with E-state index < -0.39 is 0 Å². The third kappa shape index (κ3) is 2.96. The zero-order valence-electron chi connectivity index (χ0n) is 12.5. The van der Waals surface area contributed by atoms with Crippen molar-refractivity contribution in [3.8, 4) is 11.5 Å². The Morgan fingerprint density at radius 2 is 2.17 bits per heavy atom. The molecule has 0 radical (unpaired) electrons. The number of nitrogens with zero attached hydrogens (tertiary/aromatic N) is 2. The highest BCUT2D eigenvalue weighted by Gasteiger charge is 2.42. The van der Waals surface area contributed by atoms with Crippen molar-refractivity contribution in [2.24, 2.45) is 5.92 Å². The van der Waals surface area contributed by atoms with Crippen molar-refractivity contribution in [1.29, 1.82) is 0 Å². The van der Waals surface area contributed by atoms with Crippen LogP contribution in [0, 0.1) is 5.92 Å². The molecule has 1 amide bonds. The molecule has 2 N–H and O–H groups in total. The van der Waals surface area contributed by atoms with Gasteiger partial charge in [0.05, 0.1) is 12.5 Å². The molecular formula is C16H17ClN4O2. The summed E-state index contributed by atoms with van der Waals surface area (Å²) in [6.45, 7) is 0.282. The van der Waals surface area contributed by atoms with Gasteiger partial charge in [0.25, 0.3) is 5.89 Å². The summed E-state index contributed by atoms with van der Waals surface area (Å²) in [6.07, 6.45) is 3.20. The van der Waals surface area contributed by atoms with Crippen LogP contribution >= 0.6 is 11.6 Å². The summed E-state index contributed by atoms with van der Waals surface area (Å²) in [7, 11) is 0. The van der Waals surface area contributed by atoms with Crippen LogP contribution in [0.3, 0.4) is 0 Å². The van der Waals surface area contributed by atoms with Gasteiger partial charge < -0.3 is 15.2 Å². The van der Waals surface area contributed by atoms with Crippen LogP contribution in [0.4, 0.5) is 0 Å². The predicted molar refractivity (Wildman–Crippen MR) is 84.6 cm³/mol. The van der Waals surface area contributed by atoms with Gasteiger partial charge in [0.1, 0.15) is 0 Å². The van der Waals surface area contributed by atoms with Crippen molar-refractivity contribution in [2.45, 2.75) is 37.9 Å². The number of hydrogen-bond acceptors (Lipinski definition) is 5. The molecule has 0 unspecified atom stereocenters. The van der Waals surface area contributed by atoms with Gasteiger partial charge >= 0.3 is 0 Å². The smallest absolute Gasteiger partial charge is 0.257 e. The highest BCUT2D eigenvalue weighted by molar-refractivity contribution is 6.30. The first-order valence-electron chi connectivity index (χ1n) is 7.81. The van der Waals surface area contributed by atoms with Crippen LogP contribution in [-0.2, 0) is 11.3 Å². The molecule has 1 aromatic heterocycles. The lowest BCUT2D eigenvalue weighted by atomic mass is 9.88. The van der Waals surface area contributed by atoms with Crippen molar-refractivity contribution in [3.63, 3.8) is 0 Å². The molecule has 6 nitrogen and oxygen atoms in total. The quantitative estimate of drug-likeness (QED) is 0.896. The summed E-state index contributed by atoms with van der Waals surface area (Å²) in [4.78, 5) is 16.6. The first kappa shape index (κ1) is 14.7. The minimum Gasteiger partial charge on any atom is -0.348 e. The number of fused-ring (bicyclic) bond motifs is 2. The van der Waals surface area contributed by atoms with E-state index >= 15 is 0 Å². The molecule has 23 heavy (non-hydrogen) atoms. The molecule has 1 aromatic carbocycles. The minimum absolute atomic E-state index is 0.0661. The Bertz CT molecular complexity index is 715. The van der Waals surface area contributed by atoms with E-state index in [1.807, 2.05) is 12.1 Å². The molecule has 2 bridgehead atoms.